The number of amides is 2. The van der Waals surface area contributed by atoms with Gasteiger partial charge in [-0.25, -0.2) is 23.0 Å². The Hall–Kier alpha value is -4.71. The Balaban J connectivity index is 1.43. The number of aromatic nitrogens is 1. The molecule has 0 aliphatic heterocycles. The largest absolute Gasteiger partial charge is 0.478 e. The van der Waals surface area contributed by atoms with Gasteiger partial charge in [-0.3, -0.25) is 14.9 Å². The standard InChI is InChI=1S/C33H29ClN4O5S2/c1-45(42,43)37-25-18-16-24(17-19-25)29-30(34)44-32(35-29)36-33(41)38(28-15-9-8-14-27(28)31(39)40)21-20-26(22-10-4-2-5-11-22)23-12-6-3-7-13-23/h2-19,26,37H,20-21H2,1H3,(H,39,40)(H,35,36,41). The lowest BCUT2D eigenvalue weighted by molar-refractivity contribution is 0.0697. The van der Waals surface area contributed by atoms with Crippen LogP contribution in [-0.4, -0.2) is 43.3 Å². The number of carboxylic acids is 1. The lowest BCUT2D eigenvalue weighted by Crippen LogP contribution is -2.37. The van der Waals surface area contributed by atoms with E-state index < -0.39 is 22.0 Å². The minimum atomic E-state index is -3.43. The first-order chi connectivity index (χ1) is 21.6. The number of rotatable bonds is 11. The van der Waals surface area contributed by atoms with Crippen LogP contribution >= 0.6 is 22.9 Å². The van der Waals surface area contributed by atoms with E-state index in [0.29, 0.717) is 27.7 Å². The van der Waals surface area contributed by atoms with Crippen LogP contribution in [0.2, 0.25) is 4.34 Å². The third kappa shape index (κ3) is 8.07. The van der Waals surface area contributed by atoms with Crippen LogP contribution in [0.5, 0.6) is 0 Å². The summed E-state index contributed by atoms with van der Waals surface area (Å²) in [6.45, 7) is 0.200. The molecule has 0 fully saturated rings. The van der Waals surface area contributed by atoms with Gasteiger partial charge in [-0.05, 0) is 41.8 Å². The fraction of sp³-hybridized carbons (Fsp3) is 0.121. The van der Waals surface area contributed by atoms with Crippen LogP contribution in [0.15, 0.2) is 109 Å². The van der Waals surface area contributed by atoms with Crippen LogP contribution in [0.1, 0.15) is 33.8 Å². The Labute approximate surface area is 270 Å². The molecule has 0 atom stereocenters. The summed E-state index contributed by atoms with van der Waals surface area (Å²) in [6, 6.07) is 32.2. The van der Waals surface area contributed by atoms with Crippen LogP contribution in [0.3, 0.4) is 0 Å². The highest BCUT2D eigenvalue weighted by Gasteiger charge is 2.25. The first kappa shape index (κ1) is 31.7. The molecule has 0 saturated heterocycles. The highest BCUT2D eigenvalue weighted by Crippen LogP contribution is 2.36. The van der Waals surface area contributed by atoms with Gasteiger partial charge in [0.2, 0.25) is 10.0 Å². The lowest BCUT2D eigenvalue weighted by Gasteiger charge is -2.27. The number of thiazole rings is 1. The minimum Gasteiger partial charge on any atom is -0.478 e. The molecule has 0 saturated carbocycles. The third-order valence-corrected chi connectivity index (χ3v) is 8.75. The van der Waals surface area contributed by atoms with Gasteiger partial charge >= 0.3 is 12.0 Å². The second-order valence-corrected chi connectivity index (χ2v) is 13.5. The number of carbonyl (C=O) groups excluding carboxylic acids is 1. The Bertz CT molecular complexity index is 1860. The number of para-hydroxylation sites is 1. The van der Waals surface area contributed by atoms with E-state index >= 15 is 0 Å². The molecule has 5 aromatic rings. The molecule has 0 bridgehead atoms. The van der Waals surface area contributed by atoms with Gasteiger partial charge in [0, 0.05) is 23.7 Å². The van der Waals surface area contributed by atoms with Gasteiger partial charge in [0.25, 0.3) is 0 Å². The van der Waals surface area contributed by atoms with E-state index in [-0.39, 0.29) is 28.8 Å². The predicted octanol–water partition coefficient (Wildman–Crippen LogP) is 7.79. The molecule has 5 rings (SSSR count). The topological polar surface area (TPSA) is 129 Å². The van der Waals surface area contributed by atoms with Crippen molar-refractivity contribution in [3.8, 4) is 11.3 Å². The van der Waals surface area contributed by atoms with Gasteiger partial charge in [0.1, 0.15) is 10.0 Å². The molecule has 0 aliphatic carbocycles. The summed E-state index contributed by atoms with van der Waals surface area (Å²) >= 11 is 7.57. The maximum Gasteiger partial charge on any atom is 0.337 e. The zero-order valence-corrected chi connectivity index (χ0v) is 26.4. The summed E-state index contributed by atoms with van der Waals surface area (Å²) < 4.78 is 25.8. The molecular weight excluding hydrogens is 632 g/mol. The van der Waals surface area contributed by atoms with Gasteiger partial charge in [0.05, 0.1) is 17.5 Å². The van der Waals surface area contributed by atoms with Crippen LogP contribution < -0.4 is 14.9 Å². The Morgan fingerprint density at radius 1 is 0.889 bits per heavy atom. The number of hydrogen-bond donors (Lipinski definition) is 3. The van der Waals surface area contributed by atoms with Gasteiger partial charge in [-0.15, -0.1) is 0 Å². The van der Waals surface area contributed by atoms with Crippen LogP contribution in [0.4, 0.5) is 21.3 Å². The Morgan fingerprint density at radius 3 is 2.04 bits per heavy atom. The summed E-state index contributed by atoms with van der Waals surface area (Å²) in [7, 11) is -3.43. The zero-order chi connectivity index (χ0) is 32.0. The van der Waals surface area contributed by atoms with Crippen molar-refractivity contribution in [1.82, 2.24) is 4.98 Å². The third-order valence-electron chi connectivity index (χ3n) is 6.98. The number of nitrogens with one attached hydrogen (secondary N) is 2. The number of carbonyl (C=O) groups is 2. The number of anilines is 3. The van der Waals surface area contributed by atoms with Crippen molar-refractivity contribution in [3.63, 3.8) is 0 Å². The van der Waals surface area contributed by atoms with E-state index in [0.717, 1.165) is 28.7 Å². The van der Waals surface area contributed by atoms with Crippen LogP contribution in [-0.2, 0) is 10.0 Å². The number of benzene rings is 4. The van der Waals surface area contributed by atoms with Crippen molar-refractivity contribution in [2.45, 2.75) is 12.3 Å². The first-order valence-electron chi connectivity index (χ1n) is 13.8. The molecule has 2 amide bonds. The Morgan fingerprint density at radius 2 is 1.47 bits per heavy atom. The smallest absolute Gasteiger partial charge is 0.337 e. The van der Waals surface area contributed by atoms with E-state index in [2.05, 4.69) is 15.0 Å². The summed E-state index contributed by atoms with van der Waals surface area (Å²) in [5.74, 6) is -1.21. The second-order valence-electron chi connectivity index (χ2n) is 10.2. The zero-order valence-electron chi connectivity index (χ0n) is 24.1. The summed E-state index contributed by atoms with van der Waals surface area (Å²) in [6.07, 6.45) is 1.57. The number of nitrogens with zero attached hydrogens (tertiary/aromatic N) is 2. The van der Waals surface area contributed by atoms with Crippen molar-refractivity contribution in [2.75, 3.05) is 27.7 Å². The van der Waals surface area contributed by atoms with Crippen molar-refractivity contribution in [3.05, 3.63) is 130 Å². The van der Waals surface area contributed by atoms with Crippen molar-refractivity contribution in [2.24, 2.45) is 0 Å². The Kier molecular flexibility index (Phi) is 9.82. The molecular formula is C33H29ClN4O5S2. The number of hydrogen-bond acceptors (Lipinski definition) is 6. The van der Waals surface area contributed by atoms with E-state index in [1.165, 1.54) is 11.0 Å². The average molecular weight is 661 g/mol. The molecule has 3 N–H and O–H groups in total. The summed E-state index contributed by atoms with van der Waals surface area (Å²) in [5, 5.41) is 13.0. The quantitative estimate of drug-likeness (QED) is 0.133. The summed E-state index contributed by atoms with van der Waals surface area (Å²) in [5.41, 5.74) is 3.81. The number of aromatic carboxylic acids is 1. The number of urea groups is 1. The number of halogens is 1. The monoisotopic (exact) mass is 660 g/mol. The maximum absolute atomic E-state index is 13.9. The number of carboxylic acid groups (broad SMARTS) is 1. The average Bonchev–Trinajstić information content (AvgIpc) is 3.39. The van der Waals surface area contributed by atoms with Crippen molar-refractivity contribution >= 4 is 61.5 Å². The molecule has 4 aromatic carbocycles. The van der Waals surface area contributed by atoms with Crippen molar-refractivity contribution < 1.29 is 23.1 Å². The normalized spacial score (nSPS) is 11.3. The van der Waals surface area contributed by atoms with E-state index in [1.807, 2.05) is 60.7 Å². The lowest BCUT2D eigenvalue weighted by atomic mass is 9.88. The van der Waals surface area contributed by atoms with Gasteiger partial charge in [-0.1, -0.05) is 108 Å². The molecule has 9 nitrogen and oxygen atoms in total. The molecule has 45 heavy (non-hydrogen) atoms. The summed E-state index contributed by atoms with van der Waals surface area (Å²) in [4.78, 5) is 32.0. The van der Waals surface area contributed by atoms with Gasteiger partial charge in [0.15, 0.2) is 5.13 Å². The molecule has 1 aromatic heterocycles. The van der Waals surface area contributed by atoms with E-state index in [4.69, 9.17) is 11.6 Å². The SMILES string of the molecule is CS(=O)(=O)Nc1ccc(-c2nc(NC(=O)N(CCC(c3ccccc3)c3ccccc3)c3ccccc3C(=O)O)sc2Cl)cc1. The fourth-order valence-corrected chi connectivity index (χ4v) is 6.62. The van der Waals surface area contributed by atoms with Gasteiger partial charge < -0.3 is 5.11 Å². The van der Waals surface area contributed by atoms with Gasteiger partial charge in [-0.2, -0.15) is 0 Å². The van der Waals surface area contributed by atoms with E-state index in [9.17, 15) is 23.1 Å². The maximum atomic E-state index is 13.9. The highest BCUT2D eigenvalue weighted by molar-refractivity contribution is 7.92. The molecule has 230 valence electrons. The fourth-order valence-electron chi connectivity index (χ4n) is 4.98. The minimum absolute atomic E-state index is 0.00993. The molecule has 1 heterocycles. The second kappa shape index (κ2) is 13.9. The highest BCUT2D eigenvalue weighted by atomic mass is 35.5. The molecule has 0 unspecified atom stereocenters. The molecule has 12 heteroatoms. The number of sulfonamides is 1. The first-order valence-corrected chi connectivity index (χ1v) is 16.9. The van der Waals surface area contributed by atoms with E-state index in [1.54, 1.807) is 42.5 Å². The van der Waals surface area contributed by atoms with Crippen LogP contribution in [0, 0.1) is 0 Å². The molecule has 0 radical (unpaired) electrons. The molecule has 0 spiro atoms. The molecule has 0 aliphatic rings. The predicted molar refractivity (Wildman–Crippen MR) is 180 cm³/mol. The van der Waals surface area contributed by atoms with Crippen LogP contribution in [0.25, 0.3) is 11.3 Å². The van der Waals surface area contributed by atoms with Crippen molar-refractivity contribution in [1.29, 1.82) is 0 Å².